The molecule has 1 N–H and O–H groups in total. The third kappa shape index (κ3) is 4.45. The molecular weight excluding hydrogens is 222 g/mol. The van der Waals surface area contributed by atoms with Crippen LogP contribution >= 0.6 is 11.5 Å². The molecule has 0 atom stereocenters. The fourth-order valence-electron chi connectivity index (χ4n) is 1.11. The van der Waals surface area contributed by atoms with Crippen molar-refractivity contribution in [2.75, 3.05) is 25.1 Å². The molecule has 0 spiro atoms. The number of nitrogens with zero attached hydrogens (tertiary/aromatic N) is 2. The lowest BCUT2D eigenvalue weighted by Crippen LogP contribution is -2.13. The molecule has 0 fully saturated rings. The molecular formula is C11H21N3OS. The van der Waals surface area contributed by atoms with Crippen molar-refractivity contribution in [2.45, 2.75) is 39.5 Å². The van der Waals surface area contributed by atoms with Crippen molar-refractivity contribution in [1.29, 1.82) is 0 Å². The fourth-order valence-corrected chi connectivity index (χ4v) is 1.90. The van der Waals surface area contributed by atoms with E-state index < -0.39 is 0 Å². The van der Waals surface area contributed by atoms with Gasteiger partial charge >= 0.3 is 0 Å². The topological polar surface area (TPSA) is 47.0 Å². The number of hydrogen-bond donors (Lipinski definition) is 1. The van der Waals surface area contributed by atoms with E-state index in [1.54, 1.807) is 0 Å². The van der Waals surface area contributed by atoms with Gasteiger partial charge in [0.05, 0.1) is 0 Å². The maximum Gasteiger partial charge on any atom is 0.202 e. The molecule has 0 unspecified atom stereocenters. The molecule has 16 heavy (non-hydrogen) atoms. The average molecular weight is 243 g/mol. The lowest BCUT2D eigenvalue weighted by atomic mass is 9.96. The van der Waals surface area contributed by atoms with Gasteiger partial charge in [0.25, 0.3) is 0 Å². The van der Waals surface area contributed by atoms with Crippen molar-refractivity contribution >= 4 is 16.7 Å². The Kier molecular flexibility index (Phi) is 5.15. The Morgan fingerprint density at radius 3 is 2.69 bits per heavy atom. The normalized spacial score (nSPS) is 11.8. The highest BCUT2D eigenvalue weighted by Gasteiger charge is 2.19. The molecule has 0 saturated carbocycles. The van der Waals surface area contributed by atoms with E-state index in [-0.39, 0.29) is 5.41 Å². The van der Waals surface area contributed by atoms with Gasteiger partial charge in [0.1, 0.15) is 5.82 Å². The first-order chi connectivity index (χ1) is 7.54. The largest absolute Gasteiger partial charge is 0.382 e. The molecule has 0 bridgehead atoms. The Bertz CT molecular complexity index is 306. The molecule has 0 aromatic carbocycles. The van der Waals surface area contributed by atoms with Gasteiger partial charge in [-0.05, 0) is 13.3 Å². The molecule has 1 rings (SSSR count). The maximum absolute atomic E-state index is 5.26. The summed E-state index contributed by atoms with van der Waals surface area (Å²) in [5.74, 6) is 0.907. The SMILES string of the molecule is CCOCCCNc1nc(C(C)(C)C)ns1. The van der Waals surface area contributed by atoms with E-state index in [9.17, 15) is 0 Å². The molecule has 5 heteroatoms. The molecule has 4 nitrogen and oxygen atoms in total. The second-order valence-electron chi connectivity index (χ2n) is 4.65. The molecule has 1 aromatic heterocycles. The summed E-state index contributed by atoms with van der Waals surface area (Å²) < 4.78 is 9.60. The summed E-state index contributed by atoms with van der Waals surface area (Å²) >= 11 is 1.43. The molecule has 92 valence electrons. The number of hydrogen-bond acceptors (Lipinski definition) is 5. The highest BCUT2D eigenvalue weighted by Crippen LogP contribution is 2.22. The summed E-state index contributed by atoms with van der Waals surface area (Å²) in [7, 11) is 0. The fraction of sp³-hybridized carbons (Fsp3) is 0.818. The van der Waals surface area contributed by atoms with E-state index in [0.29, 0.717) is 0 Å². The number of nitrogens with one attached hydrogen (secondary N) is 1. The minimum absolute atomic E-state index is 0.0295. The molecule has 0 aliphatic carbocycles. The molecule has 0 aliphatic rings. The lowest BCUT2D eigenvalue weighted by Gasteiger charge is -2.12. The van der Waals surface area contributed by atoms with Gasteiger partial charge in [-0.2, -0.15) is 4.37 Å². The standard InChI is InChI=1S/C11H21N3OS/c1-5-15-8-6-7-12-10-13-9(14-16-10)11(2,3)4/h5-8H2,1-4H3,(H,12,13,14). The van der Waals surface area contributed by atoms with Gasteiger partial charge in [-0.3, -0.25) is 0 Å². The summed E-state index contributed by atoms with van der Waals surface area (Å²) in [4.78, 5) is 4.45. The van der Waals surface area contributed by atoms with Crippen LogP contribution in [0.5, 0.6) is 0 Å². The van der Waals surface area contributed by atoms with Gasteiger partial charge in [0.15, 0.2) is 0 Å². The Balaban J connectivity index is 2.30. The van der Waals surface area contributed by atoms with Crippen LogP contribution in [0.4, 0.5) is 5.13 Å². The number of ether oxygens (including phenoxy) is 1. The first kappa shape index (κ1) is 13.4. The number of anilines is 1. The second kappa shape index (κ2) is 6.15. The smallest absolute Gasteiger partial charge is 0.202 e. The van der Waals surface area contributed by atoms with Crippen LogP contribution in [0.15, 0.2) is 0 Å². The van der Waals surface area contributed by atoms with Crippen LogP contribution in [0.2, 0.25) is 0 Å². The van der Waals surface area contributed by atoms with Gasteiger partial charge in [-0.15, -0.1) is 0 Å². The van der Waals surface area contributed by atoms with Gasteiger partial charge in [0, 0.05) is 36.7 Å². The monoisotopic (exact) mass is 243 g/mol. The quantitative estimate of drug-likeness (QED) is 0.780. The van der Waals surface area contributed by atoms with Crippen molar-refractivity contribution in [3.05, 3.63) is 5.82 Å². The Hall–Kier alpha value is -0.680. The van der Waals surface area contributed by atoms with Crippen LogP contribution < -0.4 is 5.32 Å². The van der Waals surface area contributed by atoms with Crippen molar-refractivity contribution in [3.8, 4) is 0 Å². The van der Waals surface area contributed by atoms with Crippen LogP contribution in [-0.2, 0) is 10.2 Å². The van der Waals surface area contributed by atoms with Crippen LogP contribution in [0.25, 0.3) is 0 Å². The molecule has 0 radical (unpaired) electrons. The van der Waals surface area contributed by atoms with Gasteiger partial charge in [-0.25, -0.2) is 4.98 Å². The van der Waals surface area contributed by atoms with Crippen LogP contribution in [0.1, 0.15) is 39.9 Å². The predicted octanol–water partition coefficient (Wildman–Crippen LogP) is 2.67. The Labute approximate surface area is 102 Å². The molecule has 0 aliphatic heterocycles. The summed E-state index contributed by atoms with van der Waals surface area (Å²) in [6, 6.07) is 0. The van der Waals surface area contributed by atoms with E-state index in [1.165, 1.54) is 11.5 Å². The van der Waals surface area contributed by atoms with Gasteiger partial charge in [-0.1, -0.05) is 20.8 Å². The van der Waals surface area contributed by atoms with Gasteiger partial charge in [0.2, 0.25) is 5.13 Å². The minimum atomic E-state index is 0.0295. The summed E-state index contributed by atoms with van der Waals surface area (Å²) in [5.41, 5.74) is 0.0295. The number of aromatic nitrogens is 2. The molecule has 1 aromatic rings. The van der Waals surface area contributed by atoms with E-state index in [4.69, 9.17) is 4.74 Å². The van der Waals surface area contributed by atoms with Crippen molar-refractivity contribution < 1.29 is 4.74 Å². The Morgan fingerprint density at radius 2 is 2.12 bits per heavy atom. The molecule has 0 saturated heterocycles. The zero-order valence-electron chi connectivity index (χ0n) is 10.5. The van der Waals surface area contributed by atoms with Crippen molar-refractivity contribution in [1.82, 2.24) is 9.36 Å². The molecule has 0 amide bonds. The average Bonchev–Trinajstić information content (AvgIpc) is 2.65. The van der Waals surface area contributed by atoms with Crippen molar-refractivity contribution in [3.63, 3.8) is 0 Å². The summed E-state index contributed by atoms with van der Waals surface area (Å²) in [5, 5.41) is 4.17. The first-order valence-corrected chi connectivity index (χ1v) is 6.47. The highest BCUT2D eigenvalue weighted by molar-refractivity contribution is 7.09. The van der Waals surface area contributed by atoms with Crippen LogP contribution in [-0.4, -0.2) is 29.1 Å². The predicted molar refractivity (Wildman–Crippen MR) is 68.2 cm³/mol. The Morgan fingerprint density at radius 1 is 1.38 bits per heavy atom. The first-order valence-electron chi connectivity index (χ1n) is 5.70. The summed E-state index contributed by atoms with van der Waals surface area (Å²) in [6.45, 7) is 10.8. The summed E-state index contributed by atoms with van der Waals surface area (Å²) in [6.07, 6.45) is 0.998. The third-order valence-electron chi connectivity index (χ3n) is 2.04. The highest BCUT2D eigenvalue weighted by atomic mass is 32.1. The molecule has 1 heterocycles. The lowest BCUT2D eigenvalue weighted by molar-refractivity contribution is 0.147. The number of rotatable bonds is 6. The van der Waals surface area contributed by atoms with E-state index in [0.717, 1.165) is 37.1 Å². The van der Waals surface area contributed by atoms with E-state index in [1.807, 2.05) is 6.92 Å². The zero-order chi connectivity index (χ0) is 12.0. The third-order valence-corrected chi connectivity index (χ3v) is 2.72. The van der Waals surface area contributed by atoms with E-state index in [2.05, 4.69) is 35.4 Å². The zero-order valence-corrected chi connectivity index (χ0v) is 11.4. The van der Waals surface area contributed by atoms with Crippen LogP contribution in [0, 0.1) is 0 Å². The maximum atomic E-state index is 5.26. The van der Waals surface area contributed by atoms with Crippen molar-refractivity contribution in [2.24, 2.45) is 0 Å². The van der Waals surface area contributed by atoms with E-state index >= 15 is 0 Å². The van der Waals surface area contributed by atoms with Crippen LogP contribution in [0.3, 0.4) is 0 Å². The van der Waals surface area contributed by atoms with Gasteiger partial charge < -0.3 is 10.1 Å². The minimum Gasteiger partial charge on any atom is -0.382 e. The second-order valence-corrected chi connectivity index (χ2v) is 5.40.